The van der Waals surface area contributed by atoms with E-state index in [9.17, 15) is 22.8 Å². The summed E-state index contributed by atoms with van der Waals surface area (Å²) in [6.07, 6.45) is -4.53. The minimum absolute atomic E-state index is 0.112. The number of halogens is 3. The van der Waals surface area contributed by atoms with Crippen LogP contribution in [0.1, 0.15) is 5.56 Å². The molecule has 1 aliphatic heterocycles. The van der Waals surface area contributed by atoms with Crippen LogP contribution in [0.3, 0.4) is 0 Å². The molecule has 2 aromatic rings. The average Bonchev–Trinajstić information content (AvgIpc) is 2.35. The van der Waals surface area contributed by atoms with E-state index >= 15 is 0 Å². The summed E-state index contributed by atoms with van der Waals surface area (Å²) in [6.45, 7) is 1.58. The molecule has 0 saturated carbocycles. The quantitative estimate of drug-likeness (QED) is 0.867. The van der Waals surface area contributed by atoms with Crippen molar-refractivity contribution in [2.24, 2.45) is 5.92 Å². The molecule has 0 aliphatic carbocycles. The largest absolute Gasteiger partial charge is 0.416 e. The van der Waals surface area contributed by atoms with Crippen molar-refractivity contribution in [3.05, 3.63) is 44.6 Å². The SMILES string of the molecule is O=c1[nH]c2ccc(C(F)(F)F)cc2c(=O)n1CC1CNC1. The van der Waals surface area contributed by atoms with Crippen LogP contribution in [0.25, 0.3) is 10.9 Å². The monoisotopic (exact) mass is 299 g/mol. The highest BCUT2D eigenvalue weighted by Crippen LogP contribution is 2.30. The van der Waals surface area contributed by atoms with Gasteiger partial charge in [-0.1, -0.05) is 0 Å². The Hall–Kier alpha value is -2.09. The maximum Gasteiger partial charge on any atom is 0.416 e. The first-order valence-corrected chi connectivity index (χ1v) is 6.41. The molecule has 0 bridgehead atoms. The topological polar surface area (TPSA) is 66.9 Å². The molecular formula is C13H12F3N3O2. The molecule has 0 radical (unpaired) electrons. The van der Waals surface area contributed by atoms with E-state index in [-0.39, 0.29) is 23.4 Å². The number of H-pyrrole nitrogens is 1. The van der Waals surface area contributed by atoms with Gasteiger partial charge in [-0.05, 0) is 18.2 Å². The van der Waals surface area contributed by atoms with Gasteiger partial charge in [-0.3, -0.25) is 9.36 Å². The van der Waals surface area contributed by atoms with Gasteiger partial charge < -0.3 is 10.3 Å². The molecule has 1 fully saturated rings. The zero-order valence-electron chi connectivity index (χ0n) is 10.8. The molecule has 1 aromatic heterocycles. The molecule has 1 saturated heterocycles. The van der Waals surface area contributed by atoms with Gasteiger partial charge >= 0.3 is 11.9 Å². The second-order valence-corrected chi connectivity index (χ2v) is 5.13. The third kappa shape index (κ3) is 2.46. The van der Waals surface area contributed by atoms with Crippen LogP contribution >= 0.6 is 0 Å². The molecule has 0 amide bonds. The lowest BCUT2D eigenvalue weighted by Crippen LogP contribution is -2.48. The number of hydrogen-bond donors (Lipinski definition) is 2. The lowest BCUT2D eigenvalue weighted by molar-refractivity contribution is -0.137. The van der Waals surface area contributed by atoms with Crippen LogP contribution in [0.15, 0.2) is 27.8 Å². The molecule has 0 spiro atoms. The molecule has 2 heterocycles. The third-order valence-electron chi connectivity index (χ3n) is 3.62. The van der Waals surface area contributed by atoms with Crippen LogP contribution in [0, 0.1) is 5.92 Å². The van der Waals surface area contributed by atoms with Gasteiger partial charge in [0, 0.05) is 25.6 Å². The lowest BCUT2D eigenvalue weighted by atomic mass is 10.0. The molecule has 5 nitrogen and oxygen atoms in total. The van der Waals surface area contributed by atoms with Gasteiger partial charge in [-0.2, -0.15) is 13.2 Å². The van der Waals surface area contributed by atoms with Crippen LogP contribution in [0.5, 0.6) is 0 Å². The molecule has 2 N–H and O–H groups in total. The Morgan fingerprint density at radius 3 is 2.52 bits per heavy atom. The van der Waals surface area contributed by atoms with Gasteiger partial charge in [0.2, 0.25) is 0 Å². The third-order valence-corrected chi connectivity index (χ3v) is 3.62. The number of aromatic nitrogens is 2. The van der Waals surface area contributed by atoms with E-state index in [1.165, 1.54) is 0 Å². The standard InChI is InChI=1S/C13H12F3N3O2/c14-13(15,16)8-1-2-10-9(3-8)11(20)19(12(21)18-10)6-7-4-17-5-7/h1-3,7,17H,4-6H2,(H,18,21). The maximum atomic E-state index is 12.7. The number of aromatic amines is 1. The van der Waals surface area contributed by atoms with Crippen LogP contribution in [-0.2, 0) is 12.7 Å². The van der Waals surface area contributed by atoms with E-state index in [1.54, 1.807) is 0 Å². The Kier molecular flexibility index (Phi) is 3.12. The number of hydrogen-bond acceptors (Lipinski definition) is 3. The summed E-state index contributed by atoms with van der Waals surface area (Å²) in [7, 11) is 0. The Morgan fingerprint density at radius 2 is 1.95 bits per heavy atom. The number of nitrogens with zero attached hydrogens (tertiary/aromatic N) is 1. The number of alkyl halides is 3. The van der Waals surface area contributed by atoms with Crippen molar-refractivity contribution in [3.63, 3.8) is 0 Å². The predicted molar refractivity (Wildman–Crippen MR) is 70.2 cm³/mol. The fourth-order valence-electron chi connectivity index (χ4n) is 2.33. The van der Waals surface area contributed by atoms with Crippen molar-refractivity contribution >= 4 is 10.9 Å². The van der Waals surface area contributed by atoms with Crippen LogP contribution in [0.2, 0.25) is 0 Å². The van der Waals surface area contributed by atoms with Crippen LogP contribution in [0.4, 0.5) is 13.2 Å². The minimum Gasteiger partial charge on any atom is -0.316 e. The molecule has 0 unspecified atom stereocenters. The van der Waals surface area contributed by atoms with E-state index in [2.05, 4.69) is 10.3 Å². The fraction of sp³-hybridized carbons (Fsp3) is 0.385. The van der Waals surface area contributed by atoms with Gasteiger partial charge in [0.25, 0.3) is 5.56 Å². The van der Waals surface area contributed by atoms with E-state index in [0.29, 0.717) is 13.1 Å². The molecule has 1 aromatic carbocycles. The van der Waals surface area contributed by atoms with Crippen molar-refractivity contribution < 1.29 is 13.2 Å². The first-order chi connectivity index (χ1) is 9.86. The molecule has 21 heavy (non-hydrogen) atoms. The summed E-state index contributed by atoms with van der Waals surface area (Å²) < 4.78 is 39.1. The highest BCUT2D eigenvalue weighted by molar-refractivity contribution is 5.78. The van der Waals surface area contributed by atoms with Gasteiger partial charge in [-0.25, -0.2) is 4.79 Å². The summed E-state index contributed by atoms with van der Waals surface area (Å²) in [5.74, 6) is 0.145. The molecule has 3 rings (SSSR count). The summed E-state index contributed by atoms with van der Waals surface area (Å²) in [5.41, 5.74) is -2.08. The van der Waals surface area contributed by atoms with E-state index in [0.717, 1.165) is 22.8 Å². The Labute approximate surface area is 116 Å². The van der Waals surface area contributed by atoms with Crippen LogP contribution in [-0.4, -0.2) is 22.6 Å². The van der Waals surface area contributed by atoms with E-state index in [1.807, 2.05) is 0 Å². The van der Waals surface area contributed by atoms with Gasteiger partial charge in [0.15, 0.2) is 0 Å². The minimum atomic E-state index is -4.53. The van der Waals surface area contributed by atoms with Crippen molar-refractivity contribution in [2.45, 2.75) is 12.7 Å². The van der Waals surface area contributed by atoms with Gasteiger partial charge in [-0.15, -0.1) is 0 Å². The van der Waals surface area contributed by atoms with Crippen molar-refractivity contribution in [2.75, 3.05) is 13.1 Å². The normalized spacial score (nSPS) is 16.1. The molecular weight excluding hydrogens is 287 g/mol. The lowest BCUT2D eigenvalue weighted by Gasteiger charge is -2.27. The summed E-state index contributed by atoms with van der Waals surface area (Å²) in [4.78, 5) is 26.6. The van der Waals surface area contributed by atoms with Crippen molar-refractivity contribution in [1.29, 1.82) is 0 Å². The summed E-state index contributed by atoms with van der Waals surface area (Å²) >= 11 is 0. The van der Waals surface area contributed by atoms with Crippen LogP contribution < -0.4 is 16.6 Å². The number of benzene rings is 1. The fourth-order valence-corrected chi connectivity index (χ4v) is 2.33. The van der Waals surface area contributed by atoms with E-state index in [4.69, 9.17) is 0 Å². The number of rotatable bonds is 2. The Morgan fingerprint density at radius 1 is 1.24 bits per heavy atom. The molecule has 1 aliphatic rings. The molecule has 112 valence electrons. The second-order valence-electron chi connectivity index (χ2n) is 5.13. The Balaban J connectivity index is 2.16. The second kappa shape index (κ2) is 4.73. The summed E-state index contributed by atoms with van der Waals surface area (Å²) in [6, 6.07) is 2.73. The number of nitrogens with one attached hydrogen (secondary N) is 2. The highest BCUT2D eigenvalue weighted by atomic mass is 19.4. The first kappa shape index (κ1) is 13.9. The zero-order valence-corrected chi connectivity index (χ0v) is 10.8. The van der Waals surface area contributed by atoms with Gasteiger partial charge in [0.1, 0.15) is 0 Å². The average molecular weight is 299 g/mol. The van der Waals surface area contributed by atoms with Crippen molar-refractivity contribution in [1.82, 2.24) is 14.9 Å². The molecule has 0 atom stereocenters. The van der Waals surface area contributed by atoms with Crippen molar-refractivity contribution in [3.8, 4) is 0 Å². The molecule has 8 heteroatoms. The Bertz CT molecular complexity index is 803. The maximum absolute atomic E-state index is 12.7. The highest BCUT2D eigenvalue weighted by Gasteiger charge is 2.31. The smallest absolute Gasteiger partial charge is 0.316 e. The predicted octanol–water partition coefficient (Wildman–Crippen LogP) is 0.928. The van der Waals surface area contributed by atoms with Gasteiger partial charge in [0.05, 0.1) is 16.5 Å². The van der Waals surface area contributed by atoms with E-state index < -0.39 is 23.0 Å². The zero-order chi connectivity index (χ0) is 15.2. The summed E-state index contributed by atoms with van der Waals surface area (Å²) in [5, 5.41) is 2.88. The number of fused-ring (bicyclic) bond motifs is 1. The first-order valence-electron chi connectivity index (χ1n) is 6.41.